The van der Waals surface area contributed by atoms with Crippen molar-refractivity contribution in [3.63, 3.8) is 0 Å². The van der Waals surface area contributed by atoms with Gasteiger partial charge in [0.25, 0.3) is 5.91 Å². The van der Waals surface area contributed by atoms with E-state index in [1.165, 1.54) is 4.31 Å². The number of hydrogen-bond acceptors (Lipinski definition) is 6. The summed E-state index contributed by atoms with van der Waals surface area (Å²) in [6, 6.07) is 1.54. The van der Waals surface area contributed by atoms with Crippen molar-refractivity contribution < 1.29 is 17.7 Å². The third-order valence-electron chi connectivity index (χ3n) is 5.53. The Kier molecular flexibility index (Phi) is 6.54. The predicted octanol–water partition coefficient (Wildman–Crippen LogP) is 1.59. The first-order valence-electron chi connectivity index (χ1n) is 9.84. The second kappa shape index (κ2) is 8.70. The highest BCUT2D eigenvalue weighted by Gasteiger charge is 2.32. The summed E-state index contributed by atoms with van der Waals surface area (Å²) in [4.78, 5) is 12.5. The summed E-state index contributed by atoms with van der Waals surface area (Å²) in [6.07, 6.45) is 6.80. The minimum Gasteiger partial charge on any atom is -0.360 e. The van der Waals surface area contributed by atoms with Crippen LogP contribution in [0.15, 0.2) is 10.6 Å². The van der Waals surface area contributed by atoms with Crippen molar-refractivity contribution in [3.8, 4) is 0 Å². The van der Waals surface area contributed by atoms with Crippen LogP contribution in [0, 0.1) is 0 Å². The maximum absolute atomic E-state index is 12.5. The standard InChI is InChI=1S/C18H30N4O4S/c1-22(27(24,25)10-4-9-19)15-6-3-2-5-14(11-15)20-18(23)16-12-17(26-21-16)13-7-8-13/h12-15H,2-11,19H2,1H3,(H,20,23). The molecule has 2 aliphatic carbocycles. The van der Waals surface area contributed by atoms with E-state index < -0.39 is 10.0 Å². The summed E-state index contributed by atoms with van der Waals surface area (Å²) >= 11 is 0. The molecule has 0 bridgehead atoms. The molecule has 0 radical (unpaired) electrons. The first-order chi connectivity index (χ1) is 12.9. The molecule has 0 aromatic carbocycles. The molecular weight excluding hydrogens is 368 g/mol. The van der Waals surface area contributed by atoms with Gasteiger partial charge in [-0.05, 0) is 45.1 Å². The summed E-state index contributed by atoms with van der Waals surface area (Å²) in [7, 11) is -1.69. The van der Waals surface area contributed by atoms with E-state index in [0.29, 0.717) is 31.0 Å². The van der Waals surface area contributed by atoms with Crippen LogP contribution in [0.1, 0.15) is 73.5 Å². The van der Waals surface area contributed by atoms with Crippen molar-refractivity contribution in [3.05, 3.63) is 17.5 Å². The number of nitrogens with zero attached hydrogens (tertiary/aromatic N) is 2. The van der Waals surface area contributed by atoms with Gasteiger partial charge < -0.3 is 15.6 Å². The van der Waals surface area contributed by atoms with Gasteiger partial charge in [-0.25, -0.2) is 12.7 Å². The number of nitrogens with one attached hydrogen (secondary N) is 1. The first kappa shape index (κ1) is 20.3. The summed E-state index contributed by atoms with van der Waals surface area (Å²) in [5.41, 5.74) is 5.76. The van der Waals surface area contributed by atoms with E-state index in [4.69, 9.17) is 10.3 Å². The molecule has 1 aromatic heterocycles. The summed E-state index contributed by atoms with van der Waals surface area (Å²) in [5, 5.41) is 6.91. The van der Waals surface area contributed by atoms with Crippen LogP contribution >= 0.6 is 0 Å². The third-order valence-corrected chi connectivity index (χ3v) is 7.51. The lowest BCUT2D eigenvalue weighted by atomic mass is 10.1. The first-order valence-corrected chi connectivity index (χ1v) is 11.4. The molecule has 3 N–H and O–H groups in total. The number of amides is 1. The van der Waals surface area contributed by atoms with Crippen LogP contribution in [0.2, 0.25) is 0 Å². The summed E-state index contributed by atoms with van der Waals surface area (Å²) in [5.74, 6) is 1.01. The molecule has 2 aliphatic rings. The minimum absolute atomic E-state index is 0.0659. The molecule has 0 saturated heterocycles. The van der Waals surface area contributed by atoms with Crippen molar-refractivity contribution in [2.75, 3.05) is 19.3 Å². The van der Waals surface area contributed by atoms with Crippen LogP contribution in [-0.2, 0) is 10.0 Å². The Morgan fingerprint density at radius 2 is 2.07 bits per heavy atom. The van der Waals surface area contributed by atoms with E-state index in [2.05, 4.69) is 10.5 Å². The van der Waals surface area contributed by atoms with E-state index in [1.54, 1.807) is 13.1 Å². The highest BCUT2D eigenvalue weighted by molar-refractivity contribution is 7.89. The van der Waals surface area contributed by atoms with Crippen molar-refractivity contribution >= 4 is 15.9 Å². The third kappa shape index (κ3) is 5.30. The van der Waals surface area contributed by atoms with Gasteiger partial charge in [-0.1, -0.05) is 18.0 Å². The number of carbonyl (C=O) groups excluding carboxylic acids is 1. The molecule has 1 heterocycles. The molecule has 0 aliphatic heterocycles. The SMILES string of the molecule is CN(C1CCCCC(NC(=O)c2cc(C3CC3)on2)C1)S(=O)(=O)CCCN. The summed E-state index contributed by atoms with van der Waals surface area (Å²) in [6.45, 7) is 0.358. The number of nitrogens with two attached hydrogens (primary N) is 1. The van der Waals surface area contributed by atoms with Gasteiger partial charge in [0, 0.05) is 31.1 Å². The smallest absolute Gasteiger partial charge is 0.273 e. The van der Waals surface area contributed by atoms with E-state index in [-0.39, 0.29) is 23.7 Å². The maximum atomic E-state index is 12.5. The van der Waals surface area contributed by atoms with Crippen molar-refractivity contribution in [2.45, 2.75) is 69.4 Å². The van der Waals surface area contributed by atoms with Gasteiger partial charge in [-0.15, -0.1) is 0 Å². The summed E-state index contributed by atoms with van der Waals surface area (Å²) < 4.78 is 31.7. The Balaban J connectivity index is 1.60. The topological polar surface area (TPSA) is 119 Å². The molecule has 2 fully saturated rings. The largest absolute Gasteiger partial charge is 0.360 e. The lowest BCUT2D eigenvalue weighted by molar-refractivity contribution is 0.0920. The van der Waals surface area contributed by atoms with Crippen LogP contribution in [0.4, 0.5) is 0 Å². The van der Waals surface area contributed by atoms with Crippen LogP contribution in [0.3, 0.4) is 0 Å². The van der Waals surface area contributed by atoms with Gasteiger partial charge in [-0.2, -0.15) is 0 Å². The molecule has 1 aromatic rings. The van der Waals surface area contributed by atoms with Gasteiger partial charge in [0.15, 0.2) is 5.69 Å². The molecule has 27 heavy (non-hydrogen) atoms. The zero-order valence-electron chi connectivity index (χ0n) is 15.9. The molecule has 0 spiro atoms. The average molecular weight is 399 g/mol. The van der Waals surface area contributed by atoms with Crippen molar-refractivity contribution in [1.82, 2.24) is 14.8 Å². The molecule has 152 valence electrons. The molecule has 2 atom stereocenters. The number of rotatable bonds is 8. The zero-order chi connectivity index (χ0) is 19.4. The van der Waals surface area contributed by atoms with E-state index in [9.17, 15) is 13.2 Å². The van der Waals surface area contributed by atoms with E-state index in [1.807, 2.05) is 0 Å². The monoisotopic (exact) mass is 398 g/mol. The second-order valence-electron chi connectivity index (χ2n) is 7.71. The molecular formula is C18H30N4O4S. The highest BCUT2D eigenvalue weighted by Crippen LogP contribution is 2.40. The Morgan fingerprint density at radius 1 is 1.33 bits per heavy atom. The fourth-order valence-electron chi connectivity index (χ4n) is 3.65. The molecule has 3 rings (SSSR count). The predicted molar refractivity (Wildman–Crippen MR) is 102 cm³/mol. The fraction of sp³-hybridized carbons (Fsp3) is 0.778. The Labute approximate surface area is 160 Å². The molecule has 9 heteroatoms. The van der Waals surface area contributed by atoms with Crippen LogP contribution in [0.25, 0.3) is 0 Å². The van der Waals surface area contributed by atoms with Gasteiger partial charge in [0.1, 0.15) is 5.76 Å². The maximum Gasteiger partial charge on any atom is 0.273 e. The normalized spacial score (nSPS) is 24.0. The number of sulfonamides is 1. The van der Waals surface area contributed by atoms with Gasteiger partial charge in [0.05, 0.1) is 5.75 Å². The molecule has 1 amide bonds. The quantitative estimate of drug-likeness (QED) is 0.642. The number of aromatic nitrogens is 1. The zero-order valence-corrected chi connectivity index (χ0v) is 16.7. The Bertz CT molecular complexity index is 744. The van der Waals surface area contributed by atoms with Crippen molar-refractivity contribution in [2.24, 2.45) is 5.73 Å². The van der Waals surface area contributed by atoms with Gasteiger partial charge in [-0.3, -0.25) is 4.79 Å². The fourth-order valence-corrected chi connectivity index (χ4v) is 5.11. The Morgan fingerprint density at radius 3 is 2.78 bits per heavy atom. The van der Waals surface area contributed by atoms with Crippen LogP contribution in [-0.4, -0.2) is 55.2 Å². The average Bonchev–Trinajstić information content (AvgIpc) is 3.42. The Hall–Kier alpha value is -1.45. The molecule has 2 unspecified atom stereocenters. The minimum atomic E-state index is -3.33. The van der Waals surface area contributed by atoms with E-state index >= 15 is 0 Å². The second-order valence-corrected chi connectivity index (χ2v) is 9.86. The molecule has 2 saturated carbocycles. The highest BCUT2D eigenvalue weighted by atomic mass is 32.2. The van der Waals surface area contributed by atoms with Gasteiger partial charge >= 0.3 is 0 Å². The lowest BCUT2D eigenvalue weighted by Crippen LogP contribution is -2.43. The number of hydrogen-bond donors (Lipinski definition) is 2. The van der Waals surface area contributed by atoms with Gasteiger partial charge in [0.2, 0.25) is 10.0 Å². The lowest BCUT2D eigenvalue weighted by Gasteiger charge is -2.29. The van der Waals surface area contributed by atoms with Crippen LogP contribution in [0.5, 0.6) is 0 Å². The van der Waals surface area contributed by atoms with Crippen LogP contribution < -0.4 is 11.1 Å². The van der Waals surface area contributed by atoms with E-state index in [0.717, 1.165) is 44.3 Å². The number of carbonyl (C=O) groups is 1. The molecule has 8 nitrogen and oxygen atoms in total. The van der Waals surface area contributed by atoms with Crippen molar-refractivity contribution in [1.29, 1.82) is 0 Å².